The second kappa shape index (κ2) is 4.78. The van der Waals surface area contributed by atoms with Gasteiger partial charge < -0.3 is 15.0 Å². The molecule has 5 heteroatoms. The minimum Gasteiger partial charge on any atom is -0.381 e. The number of ether oxygens (including phenoxy) is 1. The first-order valence-electron chi connectivity index (χ1n) is 7.34. The van der Waals surface area contributed by atoms with Gasteiger partial charge in [-0.25, -0.2) is 0 Å². The Labute approximate surface area is 113 Å². The van der Waals surface area contributed by atoms with E-state index < -0.39 is 5.54 Å². The third-order valence-corrected chi connectivity index (χ3v) is 4.82. The fourth-order valence-electron chi connectivity index (χ4n) is 3.67. The zero-order chi connectivity index (χ0) is 13.5. The number of carbonyl (C=O) groups is 2. The Kier molecular flexibility index (Phi) is 3.25. The Morgan fingerprint density at radius 3 is 2.74 bits per heavy atom. The van der Waals surface area contributed by atoms with Gasteiger partial charge in [-0.3, -0.25) is 9.59 Å². The maximum Gasteiger partial charge on any atom is 0.246 e. The van der Waals surface area contributed by atoms with Gasteiger partial charge in [0, 0.05) is 19.1 Å². The van der Waals surface area contributed by atoms with E-state index in [1.807, 2.05) is 4.90 Å². The highest BCUT2D eigenvalue weighted by Crippen LogP contribution is 2.39. The molecular weight excluding hydrogens is 244 g/mol. The molecule has 106 valence electrons. The molecule has 1 aliphatic carbocycles. The van der Waals surface area contributed by atoms with E-state index in [1.54, 1.807) is 6.92 Å². The van der Waals surface area contributed by atoms with Gasteiger partial charge in [0.15, 0.2) is 0 Å². The molecule has 0 aromatic heterocycles. The molecule has 1 spiro atoms. The fourth-order valence-corrected chi connectivity index (χ4v) is 3.67. The summed E-state index contributed by atoms with van der Waals surface area (Å²) in [5.41, 5.74) is -0.563. The second-order valence-corrected chi connectivity index (χ2v) is 6.11. The van der Waals surface area contributed by atoms with E-state index in [0.29, 0.717) is 12.5 Å². The van der Waals surface area contributed by atoms with Crippen LogP contribution in [0.3, 0.4) is 0 Å². The fraction of sp³-hybridized carbons (Fsp3) is 0.857. The molecule has 0 aromatic carbocycles. The van der Waals surface area contributed by atoms with E-state index in [2.05, 4.69) is 5.32 Å². The molecule has 2 heterocycles. The van der Waals surface area contributed by atoms with Crippen molar-refractivity contribution in [2.45, 2.75) is 50.6 Å². The van der Waals surface area contributed by atoms with Crippen molar-refractivity contribution in [3.8, 4) is 0 Å². The molecule has 2 aliphatic heterocycles. The minimum atomic E-state index is -0.563. The number of hydrogen-bond acceptors (Lipinski definition) is 3. The summed E-state index contributed by atoms with van der Waals surface area (Å²) in [5, 5.41) is 2.86. The van der Waals surface area contributed by atoms with Crippen LogP contribution in [-0.4, -0.2) is 48.1 Å². The van der Waals surface area contributed by atoms with Crippen LogP contribution in [0.25, 0.3) is 0 Å². The highest BCUT2D eigenvalue weighted by Gasteiger charge is 2.53. The van der Waals surface area contributed by atoms with Gasteiger partial charge in [0.05, 0.1) is 6.61 Å². The lowest BCUT2D eigenvalue weighted by molar-refractivity contribution is -0.157. The molecule has 19 heavy (non-hydrogen) atoms. The molecule has 1 saturated carbocycles. The molecule has 3 aliphatic rings. The summed E-state index contributed by atoms with van der Waals surface area (Å²) in [6, 6.07) is -0.388. The van der Waals surface area contributed by atoms with Crippen molar-refractivity contribution in [3.63, 3.8) is 0 Å². The van der Waals surface area contributed by atoms with Crippen molar-refractivity contribution in [1.82, 2.24) is 10.2 Å². The van der Waals surface area contributed by atoms with E-state index in [0.717, 1.165) is 45.3 Å². The molecule has 3 fully saturated rings. The third kappa shape index (κ3) is 2.04. The average Bonchev–Trinajstić information content (AvgIpc) is 3.05. The first-order valence-corrected chi connectivity index (χ1v) is 7.34. The summed E-state index contributed by atoms with van der Waals surface area (Å²) in [5.74, 6) is 0.518. The average molecular weight is 266 g/mol. The lowest BCUT2D eigenvalue weighted by atomic mass is 9.88. The first kappa shape index (κ1) is 12.9. The van der Waals surface area contributed by atoms with Crippen LogP contribution >= 0.6 is 0 Å². The van der Waals surface area contributed by atoms with E-state index >= 15 is 0 Å². The number of nitrogens with one attached hydrogen (secondary N) is 1. The van der Waals surface area contributed by atoms with Crippen molar-refractivity contribution < 1.29 is 14.3 Å². The smallest absolute Gasteiger partial charge is 0.246 e. The second-order valence-electron chi connectivity index (χ2n) is 6.11. The molecule has 2 atom stereocenters. The quantitative estimate of drug-likeness (QED) is 0.799. The van der Waals surface area contributed by atoms with E-state index in [9.17, 15) is 9.59 Å². The normalized spacial score (nSPS) is 34.1. The molecule has 0 radical (unpaired) electrons. The molecule has 5 nitrogen and oxygen atoms in total. The maximum absolute atomic E-state index is 12.5. The van der Waals surface area contributed by atoms with Crippen LogP contribution in [0, 0.1) is 5.92 Å². The molecule has 0 aromatic rings. The van der Waals surface area contributed by atoms with E-state index in [1.165, 1.54) is 0 Å². The summed E-state index contributed by atoms with van der Waals surface area (Å²) in [4.78, 5) is 26.8. The van der Waals surface area contributed by atoms with Crippen molar-refractivity contribution in [3.05, 3.63) is 0 Å². The molecular formula is C14H22N2O3. The van der Waals surface area contributed by atoms with E-state index in [-0.39, 0.29) is 17.9 Å². The summed E-state index contributed by atoms with van der Waals surface area (Å²) >= 11 is 0. The van der Waals surface area contributed by atoms with Crippen molar-refractivity contribution in [1.29, 1.82) is 0 Å². The number of nitrogens with zero attached hydrogens (tertiary/aromatic N) is 1. The van der Waals surface area contributed by atoms with Crippen LogP contribution in [0.5, 0.6) is 0 Å². The predicted molar refractivity (Wildman–Crippen MR) is 69.4 cm³/mol. The SMILES string of the molecule is CC1NC(=O)C2(CCCC2)N(CC2CCOC2)C1=O. The van der Waals surface area contributed by atoms with Gasteiger partial charge in [-0.2, -0.15) is 0 Å². The maximum atomic E-state index is 12.5. The van der Waals surface area contributed by atoms with Crippen molar-refractivity contribution >= 4 is 11.8 Å². The Balaban J connectivity index is 1.85. The van der Waals surface area contributed by atoms with Gasteiger partial charge in [-0.1, -0.05) is 12.8 Å². The number of amides is 2. The minimum absolute atomic E-state index is 0.0519. The highest BCUT2D eigenvalue weighted by atomic mass is 16.5. The summed E-state index contributed by atoms with van der Waals surface area (Å²) < 4.78 is 5.40. The molecule has 2 unspecified atom stereocenters. The zero-order valence-corrected chi connectivity index (χ0v) is 11.5. The lowest BCUT2D eigenvalue weighted by Gasteiger charge is -2.46. The van der Waals surface area contributed by atoms with Crippen molar-refractivity contribution in [2.75, 3.05) is 19.8 Å². The van der Waals surface area contributed by atoms with Gasteiger partial charge in [0.2, 0.25) is 11.8 Å². The first-order chi connectivity index (χ1) is 9.13. The van der Waals surface area contributed by atoms with Gasteiger partial charge in [-0.15, -0.1) is 0 Å². The van der Waals surface area contributed by atoms with Crippen LogP contribution < -0.4 is 5.32 Å². The third-order valence-electron chi connectivity index (χ3n) is 4.82. The number of hydrogen-bond donors (Lipinski definition) is 1. The highest BCUT2D eigenvalue weighted by molar-refractivity contribution is 5.99. The standard InChI is InChI=1S/C14H22N2O3/c1-10-12(17)16(8-11-4-7-19-9-11)14(13(18)15-10)5-2-3-6-14/h10-11H,2-9H2,1H3,(H,15,18). The lowest BCUT2D eigenvalue weighted by Crippen LogP contribution is -2.69. The number of piperazine rings is 1. The van der Waals surface area contributed by atoms with Crippen LogP contribution in [0.2, 0.25) is 0 Å². The van der Waals surface area contributed by atoms with Crippen LogP contribution in [0.1, 0.15) is 39.0 Å². The number of rotatable bonds is 2. The topological polar surface area (TPSA) is 58.6 Å². The molecule has 2 amide bonds. The van der Waals surface area contributed by atoms with Gasteiger partial charge in [0.1, 0.15) is 11.6 Å². The van der Waals surface area contributed by atoms with Crippen LogP contribution in [-0.2, 0) is 14.3 Å². The zero-order valence-electron chi connectivity index (χ0n) is 11.5. The summed E-state index contributed by atoms with van der Waals surface area (Å²) in [6.45, 7) is 3.95. The Hall–Kier alpha value is -1.10. The van der Waals surface area contributed by atoms with Crippen LogP contribution in [0.15, 0.2) is 0 Å². The monoisotopic (exact) mass is 266 g/mol. The Morgan fingerprint density at radius 2 is 2.11 bits per heavy atom. The summed E-state index contributed by atoms with van der Waals surface area (Å²) in [6.07, 6.45) is 4.69. The van der Waals surface area contributed by atoms with Gasteiger partial charge >= 0.3 is 0 Å². The van der Waals surface area contributed by atoms with Gasteiger partial charge in [-0.05, 0) is 26.2 Å². The number of carbonyl (C=O) groups excluding carboxylic acids is 2. The largest absolute Gasteiger partial charge is 0.381 e. The molecule has 3 rings (SSSR count). The van der Waals surface area contributed by atoms with E-state index in [4.69, 9.17) is 4.74 Å². The predicted octanol–water partition coefficient (Wildman–Crippen LogP) is 0.683. The molecule has 2 saturated heterocycles. The molecule has 1 N–H and O–H groups in total. The van der Waals surface area contributed by atoms with Crippen LogP contribution in [0.4, 0.5) is 0 Å². The van der Waals surface area contributed by atoms with Gasteiger partial charge in [0.25, 0.3) is 0 Å². The molecule has 0 bridgehead atoms. The van der Waals surface area contributed by atoms with Crippen molar-refractivity contribution in [2.24, 2.45) is 5.92 Å². The Bertz CT molecular complexity index is 384. The Morgan fingerprint density at radius 1 is 1.37 bits per heavy atom. The summed E-state index contributed by atoms with van der Waals surface area (Å²) in [7, 11) is 0.